The van der Waals surface area contributed by atoms with Gasteiger partial charge in [0.2, 0.25) is 0 Å². The number of ether oxygens (including phenoxy) is 1. The summed E-state index contributed by atoms with van der Waals surface area (Å²) in [5, 5.41) is 3.42. The molecule has 2 heteroatoms. The average molecular weight is 323 g/mol. The van der Waals surface area contributed by atoms with Crippen molar-refractivity contribution in [3.05, 3.63) is 84.4 Å². The van der Waals surface area contributed by atoms with E-state index >= 15 is 0 Å². The van der Waals surface area contributed by atoms with Gasteiger partial charge in [-0.2, -0.15) is 0 Å². The second-order valence-electron chi connectivity index (χ2n) is 6.00. The standard InChI is InChI=1S/C22H29NO/c1-3-5-19-24-22(16-18-23-17-4-2,20-12-8-6-9-13-20)21-14-10-7-11-15-21/h4,6-15,23H,2-3,5,16-19H2,1H3. The Kier molecular flexibility index (Phi) is 7.73. The number of rotatable bonds is 11. The quantitative estimate of drug-likeness (QED) is 0.468. The second-order valence-corrected chi connectivity index (χ2v) is 6.00. The van der Waals surface area contributed by atoms with Crippen molar-refractivity contribution in [2.45, 2.75) is 31.8 Å². The van der Waals surface area contributed by atoms with Gasteiger partial charge in [0.25, 0.3) is 0 Å². The molecule has 0 spiro atoms. The summed E-state index contributed by atoms with van der Waals surface area (Å²) >= 11 is 0. The van der Waals surface area contributed by atoms with Crippen LogP contribution in [0.25, 0.3) is 0 Å². The zero-order valence-electron chi connectivity index (χ0n) is 14.7. The Hall–Kier alpha value is -1.90. The highest BCUT2D eigenvalue weighted by molar-refractivity contribution is 5.36. The smallest absolute Gasteiger partial charge is 0.119 e. The van der Waals surface area contributed by atoms with Crippen molar-refractivity contribution in [1.82, 2.24) is 5.32 Å². The highest BCUT2D eigenvalue weighted by Crippen LogP contribution is 2.37. The van der Waals surface area contributed by atoms with Crippen molar-refractivity contribution in [3.8, 4) is 0 Å². The maximum absolute atomic E-state index is 6.56. The number of hydrogen-bond donors (Lipinski definition) is 1. The molecule has 1 N–H and O–H groups in total. The van der Waals surface area contributed by atoms with Gasteiger partial charge in [-0.25, -0.2) is 0 Å². The monoisotopic (exact) mass is 323 g/mol. The van der Waals surface area contributed by atoms with E-state index < -0.39 is 5.60 Å². The molecule has 0 radical (unpaired) electrons. The highest BCUT2D eigenvalue weighted by Gasteiger charge is 2.34. The maximum Gasteiger partial charge on any atom is 0.119 e. The minimum Gasteiger partial charge on any atom is -0.365 e. The lowest BCUT2D eigenvalue weighted by atomic mass is 9.83. The van der Waals surface area contributed by atoms with Gasteiger partial charge in [-0.3, -0.25) is 0 Å². The molecule has 0 saturated carbocycles. The van der Waals surface area contributed by atoms with Crippen molar-refractivity contribution in [1.29, 1.82) is 0 Å². The lowest BCUT2D eigenvalue weighted by Gasteiger charge is -2.35. The molecule has 2 nitrogen and oxygen atoms in total. The largest absolute Gasteiger partial charge is 0.365 e. The molecule has 0 bridgehead atoms. The van der Waals surface area contributed by atoms with E-state index in [9.17, 15) is 0 Å². The van der Waals surface area contributed by atoms with E-state index in [0.717, 1.165) is 39.0 Å². The van der Waals surface area contributed by atoms with Crippen LogP contribution in [0, 0.1) is 0 Å². The van der Waals surface area contributed by atoms with Gasteiger partial charge in [0.15, 0.2) is 0 Å². The Balaban J connectivity index is 2.36. The molecule has 0 saturated heterocycles. The van der Waals surface area contributed by atoms with E-state index in [-0.39, 0.29) is 0 Å². The molecule has 0 aliphatic carbocycles. The number of benzene rings is 2. The molecule has 0 aromatic heterocycles. The lowest BCUT2D eigenvalue weighted by Crippen LogP contribution is -2.35. The molecule has 2 rings (SSSR count). The first-order chi connectivity index (χ1) is 11.8. The van der Waals surface area contributed by atoms with Crippen molar-refractivity contribution in [2.24, 2.45) is 0 Å². The van der Waals surface area contributed by atoms with E-state index in [0.29, 0.717) is 0 Å². The third kappa shape index (κ3) is 4.80. The predicted molar refractivity (Wildman–Crippen MR) is 102 cm³/mol. The summed E-state index contributed by atoms with van der Waals surface area (Å²) < 4.78 is 6.56. The number of hydrogen-bond acceptors (Lipinski definition) is 2. The highest BCUT2D eigenvalue weighted by atomic mass is 16.5. The summed E-state index contributed by atoms with van der Waals surface area (Å²) in [4.78, 5) is 0. The summed E-state index contributed by atoms with van der Waals surface area (Å²) in [6.07, 6.45) is 4.99. The molecule has 0 fully saturated rings. The van der Waals surface area contributed by atoms with Crippen LogP contribution >= 0.6 is 0 Å². The fourth-order valence-electron chi connectivity index (χ4n) is 2.97. The Labute approximate surface area is 146 Å². The topological polar surface area (TPSA) is 21.3 Å². The van der Waals surface area contributed by atoms with Crippen LogP contribution in [0.15, 0.2) is 73.3 Å². The van der Waals surface area contributed by atoms with Gasteiger partial charge in [-0.15, -0.1) is 6.58 Å². The third-order valence-electron chi connectivity index (χ3n) is 4.27. The minimum atomic E-state index is -0.411. The van der Waals surface area contributed by atoms with Crippen LogP contribution in [0.3, 0.4) is 0 Å². The fraction of sp³-hybridized carbons (Fsp3) is 0.364. The third-order valence-corrected chi connectivity index (χ3v) is 4.27. The van der Waals surface area contributed by atoms with Gasteiger partial charge in [-0.05, 0) is 30.5 Å². The lowest BCUT2D eigenvalue weighted by molar-refractivity contribution is -0.0257. The molecule has 128 valence electrons. The van der Waals surface area contributed by atoms with Crippen LogP contribution in [-0.2, 0) is 10.3 Å². The van der Waals surface area contributed by atoms with E-state index in [2.05, 4.69) is 79.5 Å². The first kappa shape index (κ1) is 18.4. The normalized spacial score (nSPS) is 11.4. The molecule has 0 amide bonds. The van der Waals surface area contributed by atoms with Crippen molar-refractivity contribution >= 4 is 0 Å². The summed E-state index contributed by atoms with van der Waals surface area (Å²) in [6, 6.07) is 21.2. The average Bonchev–Trinajstić information content (AvgIpc) is 2.65. The molecule has 0 unspecified atom stereocenters. The number of nitrogens with one attached hydrogen (secondary N) is 1. The van der Waals surface area contributed by atoms with Crippen molar-refractivity contribution in [2.75, 3.05) is 19.7 Å². The Morgan fingerprint density at radius 2 is 1.58 bits per heavy atom. The van der Waals surface area contributed by atoms with Crippen LogP contribution in [0.5, 0.6) is 0 Å². The molecular weight excluding hydrogens is 294 g/mol. The molecule has 2 aromatic rings. The van der Waals surface area contributed by atoms with Crippen LogP contribution in [0.4, 0.5) is 0 Å². The van der Waals surface area contributed by atoms with Crippen molar-refractivity contribution < 1.29 is 4.74 Å². The van der Waals surface area contributed by atoms with E-state index in [1.807, 2.05) is 6.08 Å². The van der Waals surface area contributed by atoms with Gasteiger partial charge < -0.3 is 10.1 Å². The molecular formula is C22H29NO. The summed E-state index contributed by atoms with van der Waals surface area (Å²) in [7, 11) is 0. The Morgan fingerprint density at radius 1 is 1.00 bits per heavy atom. The zero-order chi connectivity index (χ0) is 17.1. The summed E-state index contributed by atoms with van der Waals surface area (Å²) in [5.41, 5.74) is 2.02. The molecule has 0 heterocycles. The molecule has 0 atom stereocenters. The first-order valence-electron chi connectivity index (χ1n) is 8.90. The number of unbranched alkanes of at least 4 members (excludes halogenated alkanes) is 1. The molecule has 2 aromatic carbocycles. The van der Waals surface area contributed by atoms with E-state index in [1.165, 1.54) is 11.1 Å². The van der Waals surface area contributed by atoms with Gasteiger partial charge in [0.1, 0.15) is 5.60 Å². The molecule has 24 heavy (non-hydrogen) atoms. The van der Waals surface area contributed by atoms with Gasteiger partial charge >= 0.3 is 0 Å². The minimum absolute atomic E-state index is 0.411. The van der Waals surface area contributed by atoms with Gasteiger partial charge in [0, 0.05) is 13.2 Å². The summed E-state index contributed by atoms with van der Waals surface area (Å²) in [5.74, 6) is 0. The van der Waals surface area contributed by atoms with Gasteiger partial charge in [-0.1, -0.05) is 80.1 Å². The first-order valence-corrected chi connectivity index (χ1v) is 8.90. The van der Waals surface area contributed by atoms with Crippen LogP contribution < -0.4 is 5.32 Å². The Bertz CT molecular complexity index is 540. The van der Waals surface area contributed by atoms with Crippen LogP contribution in [0.2, 0.25) is 0 Å². The SMILES string of the molecule is C=CCNCCC(OCCCC)(c1ccccc1)c1ccccc1. The van der Waals surface area contributed by atoms with E-state index in [1.54, 1.807) is 0 Å². The fourth-order valence-corrected chi connectivity index (χ4v) is 2.97. The maximum atomic E-state index is 6.56. The van der Waals surface area contributed by atoms with Crippen molar-refractivity contribution in [3.63, 3.8) is 0 Å². The Morgan fingerprint density at radius 3 is 2.08 bits per heavy atom. The molecule has 0 aliphatic rings. The predicted octanol–water partition coefficient (Wildman–Crippen LogP) is 4.91. The van der Waals surface area contributed by atoms with Crippen LogP contribution in [0.1, 0.15) is 37.3 Å². The summed E-state index contributed by atoms with van der Waals surface area (Å²) in [6.45, 7) is 8.43. The van der Waals surface area contributed by atoms with Crippen LogP contribution in [-0.4, -0.2) is 19.7 Å². The van der Waals surface area contributed by atoms with E-state index in [4.69, 9.17) is 4.74 Å². The zero-order valence-corrected chi connectivity index (χ0v) is 14.7. The second kappa shape index (κ2) is 10.1. The van der Waals surface area contributed by atoms with Gasteiger partial charge in [0.05, 0.1) is 0 Å². The molecule has 0 aliphatic heterocycles.